The van der Waals surface area contributed by atoms with Crippen LogP contribution < -0.4 is 5.32 Å². The number of amides is 1. The molecule has 0 bridgehead atoms. The molecule has 11 heteroatoms. The van der Waals surface area contributed by atoms with Crippen LogP contribution in [0, 0.1) is 0 Å². The zero-order valence-electron chi connectivity index (χ0n) is 10.2. The molecule has 2 atom stereocenters. The first-order chi connectivity index (χ1) is 8.41. The third-order valence-corrected chi connectivity index (χ3v) is 4.78. The predicted octanol–water partition coefficient (Wildman–Crippen LogP) is -1.39. The van der Waals surface area contributed by atoms with Crippen LogP contribution in [0.25, 0.3) is 0 Å². The van der Waals surface area contributed by atoms with Gasteiger partial charge in [-0.25, -0.2) is 0 Å². The normalized spacial score (nSPS) is 15.6. The number of rotatable bonds is 7. The maximum absolute atomic E-state index is 11.4. The molecule has 112 valence electrons. The fourth-order valence-corrected chi connectivity index (χ4v) is 2.79. The highest BCUT2D eigenvalue weighted by molar-refractivity contribution is 7.87. The van der Waals surface area contributed by atoms with Crippen LogP contribution in [0.4, 0.5) is 0 Å². The van der Waals surface area contributed by atoms with Crippen LogP contribution in [-0.4, -0.2) is 54.7 Å². The van der Waals surface area contributed by atoms with E-state index in [9.17, 15) is 26.4 Å². The molecule has 0 saturated carbocycles. The highest BCUT2D eigenvalue weighted by Gasteiger charge is 2.32. The Kier molecular flexibility index (Phi) is 6.06. The van der Waals surface area contributed by atoms with E-state index in [2.05, 4.69) is 0 Å². The first kappa shape index (κ1) is 18.0. The molecule has 3 N–H and O–H groups in total. The van der Waals surface area contributed by atoms with Gasteiger partial charge in [-0.15, -0.1) is 0 Å². The molecule has 2 unspecified atom stereocenters. The molecule has 9 nitrogen and oxygen atoms in total. The quantitative estimate of drug-likeness (QED) is 0.485. The van der Waals surface area contributed by atoms with Crippen LogP contribution in [0.5, 0.6) is 0 Å². The first-order valence-electron chi connectivity index (χ1n) is 5.12. The van der Waals surface area contributed by atoms with Crippen molar-refractivity contribution in [3.05, 3.63) is 0 Å². The first-order valence-corrected chi connectivity index (χ1v) is 8.12. The van der Waals surface area contributed by atoms with Crippen molar-refractivity contribution < 1.29 is 35.5 Å². The number of carbonyl (C=O) groups is 2. The summed E-state index contributed by atoms with van der Waals surface area (Å²) in [5, 5.41) is -1.75. The molecule has 0 radical (unpaired) electrons. The molecule has 0 aliphatic rings. The Morgan fingerprint density at radius 1 is 1.05 bits per heavy atom. The minimum Gasteiger partial charge on any atom is -0.353 e. The molecule has 1 amide bonds. The lowest BCUT2D eigenvalue weighted by Crippen LogP contribution is -2.45. The molecule has 0 aliphatic carbocycles. The summed E-state index contributed by atoms with van der Waals surface area (Å²) in [7, 11) is -9.33. The summed E-state index contributed by atoms with van der Waals surface area (Å²) in [5.74, 6) is -2.07. The monoisotopic (exact) mass is 317 g/mol. The van der Waals surface area contributed by atoms with Crippen LogP contribution >= 0.6 is 0 Å². The molecule has 0 spiro atoms. The third kappa shape index (κ3) is 5.63. The van der Waals surface area contributed by atoms with E-state index in [1.165, 1.54) is 6.92 Å². The van der Waals surface area contributed by atoms with Crippen LogP contribution in [0.2, 0.25) is 0 Å². The Hall–Kier alpha value is -1.04. The third-order valence-electron chi connectivity index (χ3n) is 2.30. The fourth-order valence-electron chi connectivity index (χ4n) is 1.30. The summed E-state index contributed by atoms with van der Waals surface area (Å²) in [6.45, 7) is 1.44. The van der Waals surface area contributed by atoms with E-state index in [4.69, 9.17) is 9.11 Å². The molecule has 0 heterocycles. The SMILES string of the molecule is CCC(C(=O)NCC(C(C)=O)S(=O)(=O)O)S(=O)(=O)O. The lowest BCUT2D eigenvalue weighted by Gasteiger charge is -2.15. The number of carbonyl (C=O) groups excluding carboxylic acids is 2. The molecule has 0 fully saturated rings. The van der Waals surface area contributed by atoms with Crippen LogP contribution in [0.3, 0.4) is 0 Å². The maximum atomic E-state index is 11.4. The van der Waals surface area contributed by atoms with Gasteiger partial charge in [0.15, 0.2) is 16.3 Å². The number of nitrogens with one attached hydrogen (secondary N) is 1. The van der Waals surface area contributed by atoms with Crippen molar-refractivity contribution in [3.8, 4) is 0 Å². The number of hydrogen-bond acceptors (Lipinski definition) is 6. The molecule has 19 heavy (non-hydrogen) atoms. The van der Waals surface area contributed by atoms with E-state index in [0.717, 1.165) is 6.92 Å². The molecule has 0 aromatic rings. The van der Waals surface area contributed by atoms with Gasteiger partial charge < -0.3 is 5.32 Å². The minimum absolute atomic E-state index is 0.235. The van der Waals surface area contributed by atoms with E-state index in [-0.39, 0.29) is 6.42 Å². The van der Waals surface area contributed by atoms with Gasteiger partial charge in [-0.05, 0) is 13.3 Å². The zero-order chi connectivity index (χ0) is 15.4. The van der Waals surface area contributed by atoms with Gasteiger partial charge in [0.2, 0.25) is 5.91 Å². The van der Waals surface area contributed by atoms with Gasteiger partial charge in [0.1, 0.15) is 0 Å². The zero-order valence-corrected chi connectivity index (χ0v) is 11.9. The summed E-state index contributed by atoms with van der Waals surface area (Å²) in [6, 6.07) is 0. The number of Topliss-reactive ketones (excluding diaryl/α,β-unsaturated/α-hetero) is 1. The van der Waals surface area contributed by atoms with Crippen molar-refractivity contribution in [1.82, 2.24) is 5.32 Å². The largest absolute Gasteiger partial charge is 0.353 e. The van der Waals surface area contributed by atoms with Crippen LogP contribution in [0.1, 0.15) is 20.3 Å². The Balaban J connectivity index is 4.90. The molecule has 0 aromatic carbocycles. The Bertz CT molecular complexity index is 549. The summed E-state index contributed by atoms with van der Waals surface area (Å²) in [4.78, 5) is 22.4. The van der Waals surface area contributed by atoms with Gasteiger partial charge in [0.05, 0.1) is 0 Å². The molecule has 0 saturated heterocycles. The van der Waals surface area contributed by atoms with E-state index >= 15 is 0 Å². The molecule has 0 aliphatic heterocycles. The van der Waals surface area contributed by atoms with Crippen molar-refractivity contribution in [1.29, 1.82) is 0 Å². The Morgan fingerprint density at radius 3 is 1.74 bits per heavy atom. The predicted molar refractivity (Wildman–Crippen MR) is 64.7 cm³/mol. The van der Waals surface area contributed by atoms with Gasteiger partial charge in [-0.1, -0.05) is 6.92 Å². The molecular formula is C8H15NO8S2. The maximum Gasteiger partial charge on any atom is 0.276 e. The summed E-state index contributed by atoms with van der Waals surface area (Å²) < 4.78 is 60.9. The van der Waals surface area contributed by atoms with Crippen LogP contribution in [-0.2, 0) is 29.8 Å². The lowest BCUT2D eigenvalue weighted by atomic mass is 10.3. The Labute approximate surface area is 110 Å². The summed E-state index contributed by atoms with van der Waals surface area (Å²) >= 11 is 0. The second-order valence-corrected chi connectivity index (χ2v) is 6.97. The summed E-state index contributed by atoms with van der Waals surface area (Å²) in [5.41, 5.74) is 0. The number of ketones is 1. The van der Waals surface area contributed by atoms with E-state index in [1.54, 1.807) is 0 Å². The van der Waals surface area contributed by atoms with Gasteiger partial charge in [0, 0.05) is 6.54 Å². The molecule has 0 rings (SSSR count). The molecular weight excluding hydrogens is 302 g/mol. The average molecular weight is 317 g/mol. The van der Waals surface area contributed by atoms with Crippen molar-refractivity contribution >= 4 is 31.9 Å². The minimum atomic E-state index is -4.70. The van der Waals surface area contributed by atoms with Crippen molar-refractivity contribution in [2.75, 3.05) is 6.54 Å². The van der Waals surface area contributed by atoms with E-state index in [1.807, 2.05) is 5.32 Å². The van der Waals surface area contributed by atoms with Crippen LogP contribution in [0.15, 0.2) is 0 Å². The fraction of sp³-hybridized carbons (Fsp3) is 0.750. The highest BCUT2D eigenvalue weighted by atomic mass is 32.2. The standard InChI is InChI=1S/C8H15NO8S2/c1-3-6(18(12,13)14)8(11)9-4-7(5(2)10)19(15,16)17/h6-7H,3-4H2,1-2H3,(H,9,11)(H,12,13,14)(H,15,16,17). The average Bonchev–Trinajstić information content (AvgIpc) is 2.13. The van der Waals surface area contributed by atoms with Gasteiger partial charge >= 0.3 is 0 Å². The highest BCUT2D eigenvalue weighted by Crippen LogP contribution is 2.05. The van der Waals surface area contributed by atoms with Gasteiger partial charge in [0.25, 0.3) is 20.2 Å². The molecule has 0 aromatic heterocycles. The number of hydrogen-bond donors (Lipinski definition) is 3. The van der Waals surface area contributed by atoms with Gasteiger partial charge in [-0.3, -0.25) is 18.7 Å². The van der Waals surface area contributed by atoms with Crippen molar-refractivity contribution in [2.45, 2.75) is 30.8 Å². The smallest absolute Gasteiger partial charge is 0.276 e. The van der Waals surface area contributed by atoms with Crippen molar-refractivity contribution in [2.24, 2.45) is 0 Å². The van der Waals surface area contributed by atoms with Gasteiger partial charge in [-0.2, -0.15) is 16.8 Å². The Morgan fingerprint density at radius 2 is 1.47 bits per heavy atom. The lowest BCUT2D eigenvalue weighted by molar-refractivity contribution is -0.121. The van der Waals surface area contributed by atoms with E-state index in [0.29, 0.717) is 0 Å². The van der Waals surface area contributed by atoms with E-state index < -0.39 is 49.0 Å². The second-order valence-electron chi connectivity index (χ2n) is 3.77. The van der Waals surface area contributed by atoms with Crippen molar-refractivity contribution in [3.63, 3.8) is 0 Å². The topological polar surface area (TPSA) is 155 Å². The summed E-state index contributed by atoms with van der Waals surface area (Å²) in [6.07, 6.45) is -0.235. The second kappa shape index (κ2) is 6.41.